The molecule has 0 aromatic heterocycles. The standard InChI is InChI=1S/C13H28N4/c1-12(13-2-5-15-6-3-13)17-10-8-16(7-4-14)9-11-17/h12-13,15H,2-11,14H2,1H3. The first kappa shape index (κ1) is 13.3. The number of hydrogen-bond donors (Lipinski definition) is 2. The second kappa shape index (κ2) is 6.69. The molecule has 2 saturated heterocycles. The van der Waals surface area contributed by atoms with Crippen LogP contribution in [0.2, 0.25) is 0 Å². The average Bonchev–Trinajstić information content (AvgIpc) is 2.40. The van der Waals surface area contributed by atoms with E-state index >= 15 is 0 Å². The van der Waals surface area contributed by atoms with Crippen LogP contribution in [0, 0.1) is 5.92 Å². The SMILES string of the molecule is CC(C1CCNCC1)N1CCN(CCN)CC1. The lowest BCUT2D eigenvalue weighted by Gasteiger charge is -2.41. The van der Waals surface area contributed by atoms with Crippen LogP contribution in [0.4, 0.5) is 0 Å². The topological polar surface area (TPSA) is 44.5 Å². The molecule has 0 saturated carbocycles. The van der Waals surface area contributed by atoms with Crippen molar-refractivity contribution in [1.82, 2.24) is 15.1 Å². The summed E-state index contributed by atoms with van der Waals surface area (Å²) >= 11 is 0. The fourth-order valence-electron chi connectivity index (χ4n) is 3.20. The molecule has 2 fully saturated rings. The Morgan fingerprint density at radius 1 is 1.18 bits per heavy atom. The molecule has 2 aliphatic heterocycles. The Bertz CT molecular complexity index is 207. The van der Waals surface area contributed by atoms with Crippen LogP contribution < -0.4 is 11.1 Å². The van der Waals surface area contributed by atoms with E-state index in [4.69, 9.17) is 5.73 Å². The highest BCUT2D eigenvalue weighted by molar-refractivity contribution is 4.83. The first-order valence-electron chi connectivity index (χ1n) is 7.18. The van der Waals surface area contributed by atoms with Crippen LogP contribution in [-0.4, -0.2) is 68.2 Å². The van der Waals surface area contributed by atoms with Gasteiger partial charge in [-0.25, -0.2) is 0 Å². The maximum Gasteiger partial charge on any atom is 0.0113 e. The quantitative estimate of drug-likeness (QED) is 0.723. The van der Waals surface area contributed by atoms with E-state index in [-0.39, 0.29) is 0 Å². The number of nitrogens with two attached hydrogens (primary N) is 1. The van der Waals surface area contributed by atoms with Crippen molar-refractivity contribution in [2.75, 3.05) is 52.4 Å². The highest BCUT2D eigenvalue weighted by Crippen LogP contribution is 2.21. The second-order valence-corrected chi connectivity index (χ2v) is 5.49. The summed E-state index contributed by atoms with van der Waals surface area (Å²) in [7, 11) is 0. The van der Waals surface area contributed by atoms with Gasteiger partial charge in [-0.2, -0.15) is 0 Å². The lowest BCUT2D eigenvalue weighted by Crippen LogP contribution is -2.53. The number of rotatable bonds is 4. The molecule has 0 radical (unpaired) electrons. The van der Waals surface area contributed by atoms with Crippen molar-refractivity contribution in [2.45, 2.75) is 25.8 Å². The molecule has 0 aromatic rings. The summed E-state index contributed by atoms with van der Waals surface area (Å²) in [6.07, 6.45) is 2.70. The minimum Gasteiger partial charge on any atom is -0.329 e. The minimum atomic E-state index is 0.761. The Balaban J connectivity index is 1.75. The molecule has 2 rings (SSSR count). The van der Waals surface area contributed by atoms with Crippen molar-refractivity contribution in [3.8, 4) is 0 Å². The summed E-state index contributed by atoms with van der Waals surface area (Å²) in [6.45, 7) is 11.6. The lowest BCUT2D eigenvalue weighted by atomic mass is 9.90. The van der Waals surface area contributed by atoms with E-state index in [9.17, 15) is 0 Å². The zero-order chi connectivity index (χ0) is 12.1. The largest absolute Gasteiger partial charge is 0.329 e. The van der Waals surface area contributed by atoms with Crippen LogP contribution in [0.15, 0.2) is 0 Å². The highest BCUT2D eigenvalue weighted by atomic mass is 15.3. The maximum atomic E-state index is 5.61. The molecule has 17 heavy (non-hydrogen) atoms. The zero-order valence-corrected chi connectivity index (χ0v) is 11.2. The third kappa shape index (κ3) is 3.65. The van der Waals surface area contributed by atoms with Gasteiger partial charge in [0.25, 0.3) is 0 Å². The molecule has 0 bridgehead atoms. The summed E-state index contributed by atoms with van der Waals surface area (Å²) in [6, 6.07) is 0.761. The van der Waals surface area contributed by atoms with Crippen LogP contribution in [0.5, 0.6) is 0 Å². The van der Waals surface area contributed by atoms with Crippen LogP contribution in [0.25, 0.3) is 0 Å². The first-order chi connectivity index (χ1) is 8.31. The summed E-state index contributed by atoms with van der Waals surface area (Å²) in [5, 5.41) is 3.46. The van der Waals surface area contributed by atoms with E-state index in [1.54, 1.807) is 0 Å². The van der Waals surface area contributed by atoms with Gasteiger partial charge in [0.1, 0.15) is 0 Å². The Labute approximate surface area is 106 Å². The molecule has 4 nitrogen and oxygen atoms in total. The van der Waals surface area contributed by atoms with Crippen LogP contribution >= 0.6 is 0 Å². The molecule has 0 spiro atoms. The second-order valence-electron chi connectivity index (χ2n) is 5.49. The van der Waals surface area contributed by atoms with Gasteiger partial charge in [0, 0.05) is 45.3 Å². The molecular formula is C13H28N4. The van der Waals surface area contributed by atoms with E-state index in [2.05, 4.69) is 22.0 Å². The van der Waals surface area contributed by atoms with Crippen LogP contribution in [0.1, 0.15) is 19.8 Å². The summed E-state index contributed by atoms with van der Waals surface area (Å²) < 4.78 is 0. The van der Waals surface area contributed by atoms with Crippen molar-refractivity contribution in [3.05, 3.63) is 0 Å². The molecule has 0 amide bonds. The van der Waals surface area contributed by atoms with E-state index in [0.29, 0.717) is 0 Å². The van der Waals surface area contributed by atoms with Gasteiger partial charge >= 0.3 is 0 Å². The summed E-state index contributed by atoms with van der Waals surface area (Å²) in [4.78, 5) is 5.18. The van der Waals surface area contributed by atoms with Gasteiger partial charge in [-0.3, -0.25) is 9.80 Å². The molecule has 100 valence electrons. The van der Waals surface area contributed by atoms with Gasteiger partial charge in [0.15, 0.2) is 0 Å². The van der Waals surface area contributed by atoms with Gasteiger partial charge in [-0.05, 0) is 38.8 Å². The van der Waals surface area contributed by atoms with E-state index in [1.807, 2.05) is 0 Å². The molecule has 3 N–H and O–H groups in total. The average molecular weight is 240 g/mol. The molecular weight excluding hydrogens is 212 g/mol. The predicted octanol–water partition coefficient (Wildman–Crippen LogP) is -0.0492. The van der Waals surface area contributed by atoms with E-state index in [1.165, 1.54) is 52.1 Å². The predicted molar refractivity (Wildman–Crippen MR) is 72.1 cm³/mol. The number of hydrogen-bond acceptors (Lipinski definition) is 4. The smallest absolute Gasteiger partial charge is 0.0113 e. The van der Waals surface area contributed by atoms with Gasteiger partial charge in [-0.15, -0.1) is 0 Å². The van der Waals surface area contributed by atoms with E-state index < -0.39 is 0 Å². The van der Waals surface area contributed by atoms with E-state index in [0.717, 1.165) is 25.0 Å². The van der Waals surface area contributed by atoms with Crippen LogP contribution in [0.3, 0.4) is 0 Å². The third-order valence-corrected chi connectivity index (χ3v) is 4.49. The van der Waals surface area contributed by atoms with Gasteiger partial charge < -0.3 is 11.1 Å². The molecule has 1 atom stereocenters. The van der Waals surface area contributed by atoms with Crippen molar-refractivity contribution in [1.29, 1.82) is 0 Å². The Kier molecular flexibility index (Phi) is 5.22. The van der Waals surface area contributed by atoms with Crippen molar-refractivity contribution in [3.63, 3.8) is 0 Å². The molecule has 2 heterocycles. The van der Waals surface area contributed by atoms with Crippen molar-refractivity contribution in [2.24, 2.45) is 11.7 Å². The molecule has 1 unspecified atom stereocenters. The lowest BCUT2D eigenvalue weighted by molar-refractivity contribution is 0.0700. The fraction of sp³-hybridized carbons (Fsp3) is 1.00. The maximum absolute atomic E-state index is 5.61. The summed E-state index contributed by atoms with van der Waals surface area (Å²) in [5.41, 5.74) is 5.61. The molecule has 0 aliphatic carbocycles. The normalized spacial score (nSPS) is 27.2. The Morgan fingerprint density at radius 2 is 1.82 bits per heavy atom. The van der Waals surface area contributed by atoms with Gasteiger partial charge in [0.2, 0.25) is 0 Å². The Morgan fingerprint density at radius 3 is 2.41 bits per heavy atom. The highest BCUT2D eigenvalue weighted by Gasteiger charge is 2.27. The summed E-state index contributed by atoms with van der Waals surface area (Å²) in [5.74, 6) is 0.900. The third-order valence-electron chi connectivity index (χ3n) is 4.49. The first-order valence-corrected chi connectivity index (χ1v) is 7.18. The van der Waals surface area contributed by atoms with Crippen LogP contribution in [-0.2, 0) is 0 Å². The number of piperazine rings is 1. The molecule has 0 aromatic carbocycles. The van der Waals surface area contributed by atoms with Gasteiger partial charge in [-0.1, -0.05) is 0 Å². The number of nitrogens with zero attached hydrogens (tertiary/aromatic N) is 2. The number of nitrogens with one attached hydrogen (secondary N) is 1. The minimum absolute atomic E-state index is 0.761. The van der Waals surface area contributed by atoms with Crippen molar-refractivity contribution >= 4 is 0 Å². The number of piperidine rings is 1. The molecule has 2 aliphatic rings. The van der Waals surface area contributed by atoms with Crippen molar-refractivity contribution < 1.29 is 0 Å². The molecule has 4 heteroatoms. The zero-order valence-electron chi connectivity index (χ0n) is 11.2. The fourth-order valence-corrected chi connectivity index (χ4v) is 3.20. The van der Waals surface area contributed by atoms with Gasteiger partial charge in [0.05, 0.1) is 0 Å². The monoisotopic (exact) mass is 240 g/mol. The Hall–Kier alpha value is -0.160.